The van der Waals surface area contributed by atoms with E-state index in [9.17, 15) is 4.79 Å². The van der Waals surface area contributed by atoms with E-state index in [1.54, 1.807) is 6.92 Å². The van der Waals surface area contributed by atoms with Crippen molar-refractivity contribution in [2.75, 3.05) is 0 Å². The lowest BCUT2D eigenvalue weighted by molar-refractivity contribution is 0.101. The highest BCUT2D eigenvalue weighted by molar-refractivity contribution is 9.10. The predicted molar refractivity (Wildman–Crippen MR) is 60.6 cm³/mol. The molecule has 0 atom stereocenters. The lowest BCUT2D eigenvalue weighted by Crippen LogP contribution is -2.01. The van der Waals surface area contributed by atoms with E-state index in [1.807, 2.05) is 35.9 Å². The highest BCUT2D eigenvalue weighted by atomic mass is 79.9. The van der Waals surface area contributed by atoms with Crippen LogP contribution in [0.1, 0.15) is 17.4 Å². The molecule has 0 spiro atoms. The van der Waals surface area contributed by atoms with Crippen LogP contribution in [-0.2, 0) is 7.05 Å². The third-order valence-electron chi connectivity index (χ3n) is 2.38. The number of aryl methyl sites for hydroxylation is 1. The Hall–Kier alpha value is -1.09. The number of hydrogen-bond acceptors (Lipinski definition) is 1. The van der Waals surface area contributed by atoms with Crippen LogP contribution in [0.5, 0.6) is 0 Å². The van der Waals surface area contributed by atoms with Crippen LogP contribution in [0.15, 0.2) is 28.7 Å². The minimum Gasteiger partial charge on any atom is -0.340 e. The van der Waals surface area contributed by atoms with Gasteiger partial charge >= 0.3 is 0 Å². The molecule has 0 saturated carbocycles. The number of fused-ring (bicyclic) bond motifs is 1. The van der Waals surface area contributed by atoms with Crippen LogP contribution in [0.2, 0.25) is 0 Å². The monoisotopic (exact) mass is 251 g/mol. The maximum absolute atomic E-state index is 11.4. The zero-order chi connectivity index (χ0) is 10.3. The first kappa shape index (κ1) is 9.46. The van der Waals surface area contributed by atoms with Gasteiger partial charge in [-0.25, -0.2) is 0 Å². The number of ketones is 1. The van der Waals surface area contributed by atoms with Crippen molar-refractivity contribution in [3.8, 4) is 0 Å². The summed E-state index contributed by atoms with van der Waals surface area (Å²) >= 11 is 3.46. The summed E-state index contributed by atoms with van der Waals surface area (Å²) in [6, 6.07) is 7.95. The third-order valence-corrected chi connectivity index (χ3v) is 3.18. The number of para-hydroxylation sites is 1. The number of benzene rings is 1. The lowest BCUT2D eigenvalue weighted by Gasteiger charge is -1.99. The van der Waals surface area contributed by atoms with Crippen LogP contribution >= 0.6 is 15.9 Å². The van der Waals surface area contributed by atoms with Crippen LogP contribution in [0, 0.1) is 0 Å². The first-order valence-electron chi connectivity index (χ1n) is 4.36. The largest absolute Gasteiger partial charge is 0.340 e. The standard InChI is InChI=1S/C11H10BrNO/c1-7(14)11-10(12)8-5-3-4-6-9(8)13(11)2/h3-6H,1-2H3. The molecule has 0 aliphatic carbocycles. The van der Waals surface area contributed by atoms with Gasteiger partial charge in [-0.05, 0) is 22.0 Å². The van der Waals surface area contributed by atoms with Crippen molar-refractivity contribution in [3.05, 3.63) is 34.4 Å². The Kier molecular flexibility index (Phi) is 2.19. The second-order valence-electron chi connectivity index (χ2n) is 3.29. The molecule has 1 aromatic carbocycles. The van der Waals surface area contributed by atoms with E-state index in [0.29, 0.717) is 0 Å². The molecule has 14 heavy (non-hydrogen) atoms. The first-order chi connectivity index (χ1) is 6.63. The van der Waals surface area contributed by atoms with E-state index in [0.717, 1.165) is 21.1 Å². The van der Waals surface area contributed by atoms with Crippen LogP contribution < -0.4 is 0 Å². The first-order valence-corrected chi connectivity index (χ1v) is 5.16. The van der Waals surface area contributed by atoms with E-state index in [-0.39, 0.29) is 5.78 Å². The summed E-state index contributed by atoms with van der Waals surface area (Å²) in [7, 11) is 1.91. The maximum atomic E-state index is 11.4. The van der Waals surface area contributed by atoms with Gasteiger partial charge in [-0.15, -0.1) is 0 Å². The van der Waals surface area contributed by atoms with Crippen molar-refractivity contribution in [2.45, 2.75) is 6.92 Å². The van der Waals surface area contributed by atoms with Crippen LogP contribution in [-0.4, -0.2) is 10.4 Å². The van der Waals surface area contributed by atoms with E-state index in [2.05, 4.69) is 15.9 Å². The number of rotatable bonds is 1. The molecule has 0 N–H and O–H groups in total. The lowest BCUT2D eigenvalue weighted by atomic mass is 10.2. The van der Waals surface area contributed by atoms with Crippen molar-refractivity contribution in [2.24, 2.45) is 7.05 Å². The highest BCUT2D eigenvalue weighted by Gasteiger charge is 2.15. The van der Waals surface area contributed by atoms with E-state index < -0.39 is 0 Å². The van der Waals surface area contributed by atoms with Gasteiger partial charge in [-0.3, -0.25) is 4.79 Å². The van der Waals surface area contributed by atoms with Gasteiger partial charge in [0.15, 0.2) is 5.78 Å². The minimum atomic E-state index is 0.0792. The highest BCUT2D eigenvalue weighted by Crippen LogP contribution is 2.30. The molecular formula is C11H10BrNO. The summed E-state index contributed by atoms with van der Waals surface area (Å²) in [5, 5.41) is 1.08. The molecule has 0 fully saturated rings. The van der Waals surface area contributed by atoms with Crippen LogP contribution in [0.3, 0.4) is 0 Å². The van der Waals surface area contributed by atoms with Crippen LogP contribution in [0.4, 0.5) is 0 Å². The Balaban J connectivity index is 2.92. The summed E-state index contributed by atoms with van der Waals surface area (Å²) in [5.74, 6) is 0.0792. The third kappa shape index (κ3) is 1.20. The fourth-order valence-corrected chi connectivity index (χ4v) is 2.62. The molecule has 1 heterocycles. The molecule has 0 unspecified atom stereocenters. The molecule has 1 aromatic heterocycles. The second kappa shape index (κ2) is 3.24. The zero-order valence-corrected chi connectivity index (χ0v) is 9.63. The summed E-state index contributed by atoms with van der Waals surface area (Å²) < 4.78 is 2.81. The van der Waals surface area contributed by atoms with E-state index in [4.69, 9.17) is 0 Å². The molecule has 0 aliphatic rings. The predicted octanol–water partition coefficient (Wildman–Crippen LogP) is 3.14. The Morgan fingerprint density at radius 2 is 2.00 bits per heavy atom. The fourth-order valence-electron chi connectivity index (χ4n) is 1.74. The fraction of sp³-hybridized carbons (Fsp3) is 0.182. The molecule has 3 heteroatoms. The van der Waals surface area contributed by atoms with Crippen molar-refractivity contribution in [3.63, 3.8) is 0 Å². The smallest absolute Gasteiger partial charge is 0.177 e. The summed E-state index contributed by atoms with van der Waals surface area (Å²) in [4.78, 5) is 11.4. The van der Waals surface area contributed by atoms with Gasteiger partial charge in [-0.2, -0.15) is 0 Å². The van der Waals surface area contributed by atoms with Gasteiger partial charge in [0.05, 0.1) is 10.2 Å². The zero-order valence-electron chi connectivity index (χ0n) is 8.04. The molecule has 0 radical (unpaired) electrons. The number of aromatic nitrogens is 1. The molecule has 0 saturated heterocycles. The van der Waals surface area contributed by atoms with Crippen molar-refractivity contribution >= 4 is 32.6 Å². The summed E-state index contributed by atoms with van der Waals surface area (Å²) in [5.41, 5.74) is 1.80. The molecule has 0 aliphatic heterocycles. The van der Waals surface area contributed by atoms with Gasteiger partial charge in [0.1, 0.15) is 0 Å². The van der Waals surface area contributed by atoms with Crippen molar-refractivity contribution < 1.29 is 4.79 Å². The quantitative estimate of drug-likeness (QED) is 0.714. The number of carbonyl (C=O) groups excluding carboxylic acids is 1. The normalized spacial score (nSPS) is 10.8. The van der Waals surface area contributed by atoms with E-state index in [1.165, 1.54) is 0 Å². The van der Waals surface area contributed by atoms with Gasteiger partial charge in [0, 0.05) is 24.9 Å². The van der Waals surface area contributed by atoms with Gasteiger partial charge < -0.3 is 4.57 Å². The Labute approximate surface area is 90.7 Å². The van der Waals surface area contributed by atoms with Gasteiger partial charge in [0.25, 0.3) is 0 Å². The average molecular weight is 252 g/mol. The second-order valence-corrected chi connectivity index (χ2v) is 4.09. The van der Waals surface area contributed by atoms with Gasteiger partial charge in [0.2, 0.25) is 0 Å². The molecule has 0 amide bonds. The Morgan fingerprint density at radius 1 is 1.36 bits per heavy atom. The number of hydrogen-bond donors (Lipinski definition) is 0. The molecule has 2 aromatic rings. The number of Topliss-reactive ketones (excluding diaryl/α,β-unsaturated/α-hetero) is 1. The Bertz CT molecular complexity index is 474. The number of carbonyl (C=O) groups is 1. The number of halogens is 1. The molecule has 2 nitrogen and oxygen atoms in total. The molecular weight excluding hydrogens is 242 g/mol. The summed E-state index contributed by atoms with van der Waals surface area (Å²) in [6.07, 6.45) is 0. The van der Waals surface area contributed by atoms with Crippen molar-refractivity contribution in [1.82, 2.24) is 4.57 Å². The minimum absolute atomic E-state index is 0.0792. The molecule has 2 rings (SSSR count). The number of nitrogens with zero attached hydrogens (tertiary/aromatic N) is 1. The van der Waals surface area contributed by atoms with E-state index >= 15 is 0 Å². The average Bonchev–Trinajstić information content (AvgIpc) is 2.41. The van der Waals surface area contributed by atoms with Gasteiger partial charge in [-0.1, -0.05) is 18.2 Å². The van der Waals surface area contributed by atoms with Crippen molar-refractivity contribution in [1.29, 1.82) is 0 Å². The molecule has 0 bridgehead atoms. The Morgan fingerprint density at radius 3 is 2.57 bits per heavy atom. The maximum Gasteiger partial charge on any atom is 0.177 e. The summed E-state index contributed by atoms with van der Waals surface area (Å²) in [6.45, 7) is 1.58. The molecule has 72 valence electrons. The van der Waals surface area contributed by atoms with Crippen LogP contribution in [0.25, 0.3) is 10.9 Å². The SMILES string of the molecule is CC(=O)c1c(Br)c2ccccc2n1C. The topological polar surface area (TPSA) is 22.0 Å².